The molecule has 0 radical (unpaired) electrons. The van der Waals surface area contributed by atoms with Gasteiger partial charge in [0.05, 0.1) is 11.3 Å². The van der Waals surface area contributed by atoms with E-state index >= 15 is 0 Å². The Morgan fingerprint density at radius 2 is 1.82 bits per heavy atom. The molecule has 0 saturated heterocycles. The van der Waals surface area contributed by atoms with Gasteiger partial charge >= 0.3 is 6.03 Å². The van der Waals surface area contributed by atoms with E-state index in [1.165, 1.54) is 0 Å². The number of rotatable bonds is 7. The molecule has 0 aliphatic heterocycles. The average molecular weight is 440 g/mol. The Labute approximate surface area is 192 Å². The first kappa shape index (κ1) is 22.0. The van der Waals surface area contributed by atoms with Gasteiger partial charge in [-0.2, -0.15) is 0 Å². The van der Waals surface area contributed by atoms with Crippen molar-refractivity contribution in [1.82, 2.24) is 20.3 Å². The van der Waals surface area contributed by atoms with Crippen LogP contribution in [0.4, 0.5) is 10.5 Å². The standard InChI is InChI=1S/C26H25N5O2/c1-3-24-27-15-13-23(30-24)21-10-7-14-28-25(21)33-20-11-12-22(18(2)16-20)31-26(32)29-17-19-8-5-4-6-9-19/h4-16H,3,17H2,1-2H3,(H2,29,31,32). The Bertz CT molecular complexity index is 1240. The largest absolute Gasteiger partial charge is 0.438 e. The molecular weight excluding hydrogens is 414 g/mol. The van der Waals surface area contributed by atoms with Crippen LogP contribution in [0.5, 0.6) is 11.6 Å². The number of benzene rings is 2. The Hall–Kier alpha value is -4.26. The molecule has 0 aliphatic carbocycles. The van der Waals surface area contributed by atoms with Crippen LogP contribution in [0.25, 0.3) is 11.3 Å². The Balaban J connectivity index is 1.45. The van der Waals surface area contributed by atoms with Gasteiger partial charge in [0.25, 0.3) is 0 Å². The molecule has 4 rings (SSSR count). The van der Waals surface area contributed by atoms with Gasteiger partial charge in [0.15, 0.2) is 0 Å². The van der Waals surface area contributed by atoms with Gasteiger partial charge in [0, 0.05) is 31.0 Å². The van der Waals surface area contributed by atoms with E-state index < -0.39 is 0 Å². The number of hydrogen-bond acceptors (Lipinski definition) is 5. The number of carbonyl (C=O) groups excluding carboxylic acids is 1. The van der Waals surface area contributed by atoms with E-state index in [0.717, 1.165) is 34.6 Å². The molecule has 33 heavy (non-hydrogen) atoms. The number of ether oxygens (including phenoxy) is 1. The van der Waals surface area contributed by atoms with Gasteiger partial charge in [-0.1, -0.05) is 37.3 Å². The molecule has 4 aromatic rings. The van der Waals surface area contributed by atoms with Crippen LogP contribution in [0.3, 0.4) is 0 Å². The summed E-state index contributed by atoms with van der Waals surface area (Å²) in [6.45, 7) is 4.38. The van der Waals surface area contributed by atoms with Gasteiger partial charge in [-0.05, 0) is 54.4 Å². The van der Waals surface area contributed by atoms with Crippen LogP contribution in [-0.4, -0.2) is 21.0 Å². The van der Waals surface area contributed by atoms with Crippen LogP contribution in [0.15, 0.2) is 79.1 Å². The fraction of sp³-hybridized carbons (Fsp3) is 0.154. The van der Waals surface area contributed by atoms with Gasteiger partial charge in [0.2, 0.25) is 5.88 Å². The molecule has 2 N–H and O–H groups in total. The van der Waals surface area contributed by atoms with Crippen LogP contribution in [-0.2, 0) is 13.0 Å². The fourth-order valence-corrected chi connectivity index (χ4v) is 3.28. The predicted octanol–water partition coefficient (Wildman–Crippen LogP) is 5.52. The highest BCUT2D eigenvalue weighted by atomic mass is 16.5. The quantitative estimate of drug-likeness (QED) is 0.396. The van der Waals surface area contributed by atoms with Crippen molar-refractivity contribution in [3.63, 3.8) is 0 Å². The first-order chi connectivity index (χ1) is 16.1. The van der Waals surface area contributed by atoms with Gasteiger partial charge in [-0.15, -0.1) is 0 Å². The summed E-state index contributed by atoms with van der Waals surface area (Å²) in [4.78, 5) is 25.5. The number of nitrogens with zero attached hydrogens (tertiary/aromatic N) is 3. The SMILES string of the molecule is CCc1nccc(-c2cccnc2Oc2ccc(NC(=O)NCc3ccccc3)c(C)c2)n1. The van der Waals surface area contributed by atoms with E-state index in [9.17, 15) is 4.79 Å². The lowest BCUT2D eigenvalue weighted by Crippen LogP contribution is -2.28. The maximum atomic E-state index is 12.3. The van der Waals surface area contributed by atoms with E-state index in [-0.39, 0.29) is 6.03 Å². The third-order valence-corrected chi connectivity index (χ3v) is 5.03. The van der Waals surface area contributed by atoms with Gasteiger partial charge in [-0.25, -0.2) is 19.7 Å². The molecule has 166 valence electrons. The lowest BCUT2D eigenvalue weighted by Gasteiger charge is -2.13. The lowest BCUT2D eigenvalue weighted by atomic mass is 10.1. The molecule has 2 aromatic heterocycles. The highest BCUT2D eigenvalue weighted by Crippen LogP contribution is 2.31. The molecular formula is C26H25N5O2. The molecule has 0 unspecified atom stereocenters. The van der Waals surface area contributed by atoms with E-state index in [4.69, 9.17) is 4.74 Å². The maximum Gasteiger partial charge on any atom is 0.319 e. The number of urea groups is 1. The second-order valence-electron chi connectivity index (χ2n) is 7.44. The summed E-state index contributed by atoms with van der Waals surface area (Å²) in [7, 11) is 0. The Kier molecular flexibility index (Phi) is 6.90. The van der Waals surface area contributed by atoms with Crippen LogP contribution < -0.4 is 15.4 Å². The molecule has 7 heteroatoms. The van der Waals surface area contributed by atoms with Gasteiger partial charge in [0.1, 0.15) is 11.6 Å². The molecule has 0 aliphatic rings. The first-order valence-corrected chi connectivity index (χ1v) is 10.8. The second kappa shape index (κ2) is 10.4. The minimum absolute atomic E-state index is 0.266. The van der Waals surface area contributed by atoms with Crippen molar-refractivity contribution < 1.29 is 9.53 Å². The van der Waals surface area contributed by atoms with E-state index in [1.54, 1.807) is 18.5 Å². The number of pyridine rings is 1. The first-order valence-electron chi connectivity index (χ1n) is 10.8. The van der Waals surface area contributed by atoms with Crippen molar-refractivity contribution in [2.75, 3.05) is 5.32 Å². The minimum atomic E-state index is -0.266. The third-order valence-electron chi connectivity index (χ3n) is 5.03. The van der Waals surface area contributed by atoms with E-state index in [1.807, 2.05) is 74.5 Å². The van der Waals surface area contributed by atoms with Crippen LogP contribution in [0, 0.1) is 6.92 Å². The summed E-state index contributed by atoms with van der Waals surface area (Å²) in [6, 6.07) is 20.6. The fourth-order valence-electron chi connectivity index (χ4n) is 3.28. The molecule has 0 saturated carbocycles. The lowest BCUT2D eigenvalue weighted by molar-refractivity contribution is 0.251. The van der Waals surface area contributed by atoms with Gasteiger partial charge in [-0.3, -0.25) is 0 Å². The van der Waals surface area contributed by atoms with Crippen molar-refractivity contribution in [2.24, 2.45) is 0 Å². The van der Waals surface area contributed by atoms with Crippen molar-refractivity contribution in [1.29, 1.82) is 0 Å². The van der Waals surface area contributed by atoms with Crippen LogP contribution >= 0.6 is 0 Å². The molecule has 2 aromatic carbocycles. The van der Waals surface area contributed by atoms with Crippen LogP contribution in [0.1, 0.15) is 23.9 Å². The number of nitrogens with one attached hydrogen (secondary N) is 2. The van der Waals surface area contributed by atoms with Gasteiger partial charge < -0.3 is 15.4 Å². The zero-order valence-electron chi connectivity index (χ0n) is 18.6. The summed E-state index contributed by atoms with van der Waals surface area (Å²) >= 11 is 0. The molecule has 0 spiro atoms. The van der Waals surface area contributed by atoms with E-state index in [0.29, 0.717) is 23.9 Å². The topological polar surface area (TPSA) is 89.0 Å². The monoisotopic (exact) mass is 439 g/mol. The molecule has 7 nitrogen and oxygen atoms in total. The number of aromatic nitrogens is 3. The van der Waals surface area contributed by atoms with Crippen LogP contribution in [0.2, 0.25) is 0 Å². The van der Waals surface area contributed by atoms with Crippen molar-refractivity contribution in [3.8, 4) is 22.9 Å². The highest BCUT2D eigenvalue weighted by molar-refractivity contribution is 5.90. The molecule has 2 amide bonds. The zero-order valence-corrected chi connectivity index (χ0v) is 18.6. The summed E-state index contributed by atoms with van der Waals surface area (Å²) in [6.07, 6.45) is 4.17. The smallest absolute Gasteiger partial charge is 0.319 e. The molecule has 2 heterocycles. The average Bonchev–Trinajstić information content (AvgIpc) is 2.85. The zero-order chi connectivity index (χ0) is 23.0. The molecule has 0 atom stereocenters. The Morgan fingerprint density at radius 1 is 0.970 bits per heavy atom. The molecule has 0 bridgehead atoms. The number of hydrogen-bond donors (Lipinski definition) is 2. The Morgan fingerprint density at radius 3 is 2.61 bits per heavy atom. The van der Waals surface area contributed by atoms with Crippen molar-refractivity contribution >= 4 is 11.7 Å². The number of anilines is 1. The highest BCUT2D eigenvalue weighted by Gasteiger charge is 2.12. The molecule has 0 fully saturated rings. The number of aryl methyl sites for hydroxylation is 2. The summed E-state index contributed by atoms with van der Waals surface area (Å²) < 4.78 is 6.08. The second-order valence-corrected chi connectivity index (χ2v) is 7.44. The maximum absolute atomic E-state index is 12.3. The van der Waals surface area contributed by atoms with Crippen molar-refractivity contribution in [3.05, 3.63) is 96.1 Å². The van der Waals surface area contributed by atoms with E-state index in [2.05, 4.69) is 25.6 Å². The normalized spacial score (nSPS) is 10.5. The number of amides is 2. The third kappa shape index (κ3) is 5.71. The summed E-state index contributed by atoms with van der Waals surface area (Å²) in [5.41, 5.74) is 4.16. The number of carbonyl (C=O) groups is 1. The predicted molar refractivity (Wildman–Crippen MR) is 128 cm³/mol. The van der Waals surface area contributed by atoms with Crippen molar-refractivity contribution in [2.45, 2.75) is 26.8 Å². The summed E-state index contributed by atoms with van der Waals surface area (Å²) in [5.74, 6) is 1.84. The summed E-state index contributed by atoms with van der Waals surface area (Å²) in [5, 5.41) is 5.74. The minimum Gasteiger partial charge on any atom is -0.438 e.